The minimum absolute atomic E-state index is 0.325. The lowest BCUT2D eigenvalue weighted by molar-refractivity contribution is 0.597. The highest BCUT2D eigenvalue weighted by Crippen LogP contribution is 2.57. The van der Waals surface area contributed by atoms with E-state index in [4.69, 9.17) is 23.2 Å². The van der Waals surface area contributed by atoms with E-state index in [9.17, 15) is 0 Å². The lowest BCUT2D eigenvalue weighted by Crippen LogP contribution is -1.97. The number of rotatable bonds is 1. The highest BCUT2D eigenvalue weighted by molar-refractivity contribution is 6.41. The van der Waals surface area contributed by atoms with Crippen molar-refractivity contribution < 1.29 is 0 Å². The maximum Gasteiger partial charge on any atom is 0.179 e. The molecule has 88 valence electrons. The van der Waals surface area contributed by atoms with Crippen molar-refractivity contribution in [3.05, 3.63) is 22.1 Å². The summed E-state index contributed by atoms with van der Waals surface area (Å²) in [5.74, 6) is 3.53. The highest BCUT2D eigenvalue weighted by atomic mass is 35.5. The molecular weight excluding hydrogens is 257 g/mol. The van der Waals surface area contributed by atoms with Gasteiger partial charge in [-0.2, -0.15) is 0 Å². The van der Waals surface area contributed by atoms with Crippen LogP contribution < -0.4 is 0 Å². The number of pyridine rings is 1. The minimum atomic E-state index is 0.325. The zero-order chi connectivity index (χ0) is 11.6. The van der Waals surface area contributed by atoms with Gasteiger partial charge in [-0.1, -0.05) is 23.2 Å². The molecule has 0 amide bonds. The maximum atomic E-state index is 5.94. The Balaban J connectivity index is 1.76. The van der Waals surface area contributed by atoms with E-state index in [1.165, 1.54) is 19.3 Å². The van der Waals surface area contributed by atoms with Crippen LogP contribution in [-0.2, 0) is 0 Å². The van der Waals surface area contributed by atoms with E-state index >= 15 is 0 Å². The van der Waals surface area contributed by atoms with Crippen molar-refractivity contribution in [2.24, 2.45) is 11.8 Å². The number of fused-ring (bicyclic) bond motifs is 2. The minimum Gasteiger partial charge on any atom is -0.340 e. The monoisotopic (exact) mass is 267 g/mol. The van der Waals surface area contributed by atoms with E-state index in [1.54, 1.807) is 6.07 Å². The SMILES string of the molecule is Clc1cc2[nH]c(C3CC4CC4C3)nc2nc1Cl. The number of halogens is 2. The third-order valence-corrected chi connectivity index (χ3v) is 4.71. The quantitative estimate of drug-likeness (QED) is 0.800. The number of imidazole rings is 1. The van der Waals surface area contributed by atoms with Gasteiger partial charge in [-0.3, -0.25) is 0 Å². The van der Waals surface area contributed by atoms with Gasteiger partial charge >= 0.3 is 0 Å². The summed E-state index contributed by atoms with van der Waals surface area (Å²) >= 11 is 11.8. The third-order valence-electron chi connectivity index (χ3n) is 4.03. The van der Waals surface area contributed by atoms with Crippen molar-refractivity contribution in [3.8, 4) is 0 Å². The smallest absolute Gasteiger partial charge is 0.179 e. The average molecular weight is 268 g/mol. The van der Waals surface area contributed by atoms with E-state index in [2.05, 4.69) is 15.0 Å². The summed E-state index contributed by atoms with van der Waals surface area (Å²) in [6.07, 6.45) is 3.96. The van der Waals surface area contributed by atoms with Gasteiger partial charge < -0.3 is 4.98 Å². The first-order chi connectivity index (χ1) is 8.20. The standard InChI is InChI=1S/C12H11Cl2N3/c13-8-4-9-12(16-10(8)14)17-11(15-9)7-2-5-1-6(5)3-7/h4-7H,1-3H2,(H,15,16,17). The van der Waals surface area contributed by atoms with Crippen molar-refractivity contribution in [3.63, 3.8) is 0 Å². The van der Waals surface area contributed by atoms with E-state index in [0.29, 0.717) is 21.7 Å². The van der Waals surface area contributed by atoms with Gasteiger partial charge in [0.25, 0.3) is 0 Å². The number of hydrogen-bond donors (Lipinski definition) is 1. The van der Waals surface area contributed by atoms with Crippen LogP contribution in [0.25, 0.3) is 11.2 Å². The summed E-state index contributed by atoms with van der Waals surface area (Å²) in [6, 6.07) is 1.80. The lowest BCUT2D eigenvalue weighted by atomic mass is 10.0. The van der Waals surface area contributed by atoms with Crippen LogP contribution in [0.4, 0.5) is 0 Å². The van der Waals surface area contributed by atoms with Crippen molar-refractivity contribution in [2.45, 2.75) is 25.2 Å². The van der Waals surface area contributed by atoms with Crippen LogP contribution in [0.1, 0.15) is 31.0 Å². The first-order valence-electron chi connectivity index (χ1n) is 5.92. The van der Waals surface area contributed by atoms with Crippen LogP contribution in [-0.4, -0.2) is 15.0 Å². The van der Waals surface area contributed by atoms with Gasteiger partial charge in [0.05, 0.1) is 10.5 Å². The number of nitrogens with one attached hydrogen (secondary N) is 1. The van der Waals surface area contributed by atoms with Crippen LogP contribution in [0.2, 0.25) is 10.2 Å². The van der Waals surface area contributed by atoms with Gasteiger partial charge in [-0.25, -0.2) is 9.97 Å². The lowest BCUT2D eigenvalue weighted by Gasteiger charge is -2.06. The summed E-state index contributed by atoms with van der Waals surface area (Å²) in [7, 11) is 0. The number of H-pyrrole nitrogens is 1. The Hall–Kier alpha value is -0.800. The van der Waals surface area contributed by atoms with Crippen LogP contribution in [0, 0.1) is 11.8 Å². The Kier molecular flexibility index (Phi) is 2.01. The molecule has 0 aromatic carbocycles. The first kappa shape index (κ1) is 10.2. The van der Waals surface area contributed by atoms with Gasteiger partial charge in [0, 0.05) is 5.92 Å². The molecule has 17 heavy (non-hydrogen) atoms. The van der Waals surface area contributed by atoms with Crippen LogP contribution in [0.15, 0.2) is 6.07 Å². The first-order valence-corrected chi connectivity index (χ1v) is 6.68. The summed E-state index contributed by atoms with van der Waals surface area (Å²) in [5.41, 5.74) is 1.56. The second kappa shape index (κ2) is 3.36. The van der Waals surface area contributed by atoms with Crippen LogP contribution in [0.3, 0.4) is 0 Å². The maximum absolute atomic E-state index is 5.94. The Morgan fingerprint density at radius 1 is 1.12 bits per heavy atom. The molecule has 0 saturated heterocycles. The van der Waals surface area contributed by atoms with Crippen LogP contribution in [0.5, 0.6) is 0 Å². The molecule has 2 saturated carbocycles. The molecule has 3 nitrogen and oxygen atoms in total. The van der Waals surface area contributed by atoms with Crippen molar-refractivity contribution in [1.82, 2.24) is 15.0 Å². The average Bonchev–Trinajstić information content (AvgIpc) is 2.74. The molecule has 5 heteroatoms. The van der Waals surface area contributed by atoms with Crippen LogP contribution >= 0.6 is 23.2 Å². The predicted molar refractivity (Wildman–Crippen MR) is 67.5 cm³/mol. The molecule has 2 aromatic heterocycles. The van der Waals surface area contributed by atoms with Gasteiger partial charge in [0.1, 0.15) is 11.0 Å². The van der Waals surface area contributed by atoms with Gasteiger partial charge in [0.15, 0.2) is 5.65 Å². The molecule has 2 unspecified atom stereocenters. The van der Waals surface area contributed by atoms with E-state index in [0.717, 1.165) is 23.2 Å². The molecule has 1 N–H and O–H groups in total. The number of hydrogen-bond acceptors (Lipinski definition) is 2. The summed E-state index contributed by atoms with van der Waals surface area (Å²) in [4.78, 5) is 12.1. The molecule has 0 spiro atoms. The molecule has 0 aliphatic heterocycles. The molecule has 0 bridgehead atoms. The number of aromatic amines is 1. The Bertz CT molecular complexity index is 558. The highest BCUT2D eigenvalue weighted by Gasteiger charge is 2.47. The summed E-state index contributed by atoms with van der Waals surface area (Å²) in [5, 5.41) is 0.801. The Morgan fingerprint density at radius 2 is 1.88 bits per heavy atom. The number of aromatic nitrogens is 3. The van der Waals surface area contributed by atoms with E-state index in [-0.39, 0.29) is 0 Å². The summed E-state index contributed by atoms with van der Waals surface area (Å²) < 4.78 is 0. The van der Waals surface area contributed by atoms with Gasteiger partial charge in [-0.15, -0.1) is 0 Å². The number of nitrogens with zero attached hydrogens (tertiary/aromatic N) is 2. The Morgan fingerprint density at radius 3 is 2.65 bits per heavy atom. The normalized spacial score (nSPS) is 30.8. The fourth-order valence-corrected chi connectivity index (χ4v) is 3.33. The van der Waals surface area contributed by atoms with Crippen molar-refractivity contribution in [1.29, 1.82) is 0 Å². The van der Waals surface area contributed by atoms with Crippen molar-refractivity contribution >= 4 is 34.4 Å². The Labute approximate surface area is 109 Å². The molecule has 2 aliphatic carbocycles. The molecule has 2 heterocycles. The molecule has 4 rings (SSSR count). The van der Waals surface area contributed by atoms with Crippen molar-refractivity contribution in [2.75, 3.05) is 0 Å². The zero-order valence-electron chi connectivity index (χ0n) is 9.08. The molecule has 0 radical (unpaired) electrons. The van der Waals surface area contributed by atoms with Gasteiger partial charge in [-0.05, 0) is 37.2 Å². The molecule has 2 aliphatic rings. The van der Waals surface area contributed by atoms with E-state index in [1.807, 2.05) is 0 Å². The second-order valence-electron chi connectivity index (χ2n) is 5.18. The topological polar surface area (TPSA) is 41.6 Å². The zero-order valence-corrected chi connectivity index (χ0v) is 10.6. The third kappa shape index (κ3) is 1.56. The molecule has 2 atom stereocenters. The molecule has 2 aromatic rings. The second-order valence-corrected chi connectivity index (χ2v) is 5.94. The fourth-order valence-electron chi connectivity index (χ4n) is 3.05. The molecular formula is C12H11Cl2N3. The molecule has 2 fully saturated rings. The van der Waals surface area contributed by atoms with Gasteiger partial charge in [0.2, 0.25) is 0 Å². The summed E-state index contributed by atoms with van der Waals surface area (Å²) in [6.45, 7) is 0. The van der Waals surface area contributed by atoms with E-state index < -0.39 is 0 Å². The predicted octanol–water partition coefficient (Wildman–Crippen LogP) is 3.78. The fraction of sp³-hybridized carbons (Fsp3) is 0.500. The largest absolute Gasteiger partial charge is 0.340 e.